The maximum Gasteiger partial charge on any atom is 0.130 e. The zero-order chi connectivity index (χ0) is 16.0. The Balaban J connectivity index is 2.96. The third-order valence-corrected chi connectivity index (χ3v) is 3.53. The van der Waals surface area contributed by atoms with E-state index in [9.17, 15) is 4.79 Å². The molecule has 0 saturated carbocycles. The second-order valence-corrected chi connectivity index (χ2v) is 7.14. The summed E-state index contributed by atoms with van der Waals surface area (Å²) in [6.45, 7) is 13.3. The van der Waals surface area contributed by atoms with Gasteiger partial charge in [-0.05, 0) is 48.3 Å². The lowest BCUT2D eigenvalue weighted by atomic mass is 9.84. The van der Waals surface area contributed by atoms with Crippen molar-refractivity contribution in [3.05, 3.63) is 29.3 Å². The van der Waals surface area contributed by atoms with Crippen LogP contribution in [0, 0.1) is 5.92 Å². The first-order chi connectivity index (χ1) is 9.74. The standard InChI is InChI=1S/C19H30O2/c1-7-10-21-18-9-8-16(12-14(2)11-15(3)20)13-17(18)19(4,5)6/h8-9,13-14H,7,10-12H2,1-6H3. The van der Waals surface area contributed by atoms with E-state index in [4.69, 9.17) is 4.74 Å². The molecule has 0 aliphatic carbocycles. The topological polar surface area (TPSA) is 26.3 Å². The van der Waals surface area contributed by atoms with Gasteiger partial charge in [-0.25, -0.2) is 0 Å². The lowest BCUT2D eigenvalue weighted by Crippen LogP contribution is -2.15. The third-order valence-electron chi connectivity index (χ3n) is 3.53. The minimum absolute atomic E-state index is 0.0584. The van der Waals surface area contributed by atoms with E-state index in [0.29, 0.717) is 12.3 Å². The normalized spacial score (nSPS) is 13.0. The first-order valence-corrected chi connectivity index (χ1v) is 7.99. The summed E-state index contributed by atoms with van der Waals surface area (Å²) in [4.78, 5) is 11.2. The van der Waals surface area contributed by atoms with E-state index in [2.05, 4.69) is 52.8 Å². The highest BCUT2D eigenvalue weighted by atomic mass is 16.5. The predicted molar refractivity (Wildman–Crippen MR) is 89.1 cm³/mol. The van der Waals surface area contributed by atoms with E-state index in [-0.39, 0.29) is 11.2 Å². The van der Waals surface area contributed by atoms with Gasteiger partial charge in [-0.15, -0.1) is 0 Å². The Bertz CT molecular complexity index is 469. The molecular formula is C19H30O2. The molecule has 0 fully saturated rings. The van der Waals surface area contributed by atoms with Crippen molar-refractivity contribution in [3.63, 3.8) is 0 Å². The molecule has 1 rings (SSSR count). The van der Waals surface area contributed by atoms with Gasteiger partial charge in [0.1, 0.15) is 11.5 Å². The summed E-state index contributed by atoms with van der Waals surface area (Å²) in [5, 5.41) is 0. The van der Waals surface area contributed by atoms with Gasteiger partial charge in [-0.2, -0.15) is 0 Å². The largest absolute Gasteiger partial charge is 0.493 e. The van der Waals surface area contributed by atoms with E-state index in [1.54, 1.807) is 6.92 Å². The summed E-state index contributed by atoms with van der Waals surface area (Å²) in [5.41, 5.74) is 2.60. The zero-order valence-electron chi connectivity index (χ0n) is 14.5. The van der Waals surface area contributed by atoms with Gasteiger partial charge in [0.15, 0.2) is 0 Å². The molecule has 1 aromatic rings. The fraction of sp³-hybridized carbons (Fsp3) is 0.632. The fourth-order valence-electron chi connectivity index (χ4n) is 2.59. The number of ketones is 1. The Morgan fingerprint density at radius 3 is 2.48 bits per heavy atom. The first kappa shape index (κ1) is 17.7. The maximum atomic E-state index is 11.2. The van der Waals surface area contributed by atoms with Gasteiger partial charge in [0, 0.05) is 6.42 Å². The molecule has 2 nitrogen and oxygen atoms in total. The summed E-state index contributed by atoms with van der Waals surface area (Å²) in [6.07, 6.45) is 2.61. The van der Waals surface area contributed by atoms with Crippen molar-refractivity contribution in [1.82, 2.24) is 0 Å². The Morgan fingerprint density at radius 1 is 1.29 bits per heavy atom. The summed E-state index contributed by atoms with van der Waals surface area (Å²) in [6, 6.07) is 6.48. The molecule has 21 heavy (non-hydrogen) atoms. The average molecular weight is 290 g/mol. The number of hydrogen-bond acceptors (Lipinski definition) is 2. The number of benzene rings is 1. The second kappa shape index (κ2) is 7.63. The predicted octanol–water partition coefficient (Wildman–Crippen LogP) is 4.93. The van der Waals surface area contributed by atoms with Crippen LogP contribution in [0.25, 0.3) is 0 Å². The molecule has 1 unspecified atom stereocenters. The highest BCUT2D eigenvalue weighted by Crippen LogP contribution is 2.33. The second-order valence-electron chi connectivity index (χ2n) is 7.14. The zero-order valence-corrected chi connectivity index (χ0v) is 14.5. The molecule has 0 aliphatic rings. The molecule has 2 heteroatoms. The molecule has 1 aromatic carbocycles. The number of Topliss-reactive ketones (excluding diaryl/α,β-unsaturated/α-hetero) is 1. The van der Waals surface area contributed by atoms with Gasteiger partial charge in [0.2, 0.25) is 0 Å². The number of carbonyl (C=O) groups excluding carboxylic acids is 1. The van der Waals surface area contributed by atoms with E-state index in [1.165, 1.54) is 11.1 Å². The molecule has 0 saturated heterocycles. The molecule has 118 valence electrons. The molecule has 0 radical (unpaired) electrons. The van der Waals surface area contributed by atoms with Crippen molar-refractivity contribution in [2.45, 2.75) is 66.2 Å². The van der Waals surface area contributed by atoms with E-state index in [1.807, 2.05) is 0 Å². The highest BCUT2D eigenvalue weighted by molar-refractivity contribution is 5.75. The first-order valence-electron chi connectivity index (χ1n) is 7.99. The summed E-state index contributed by atoms with van der Waals surface area (Å²) in [7, 11) is 0. The molecule has 0 spiro atoms. The Labute approximate surface area is 129 Å². The van der Waals surface area contributed by atoms with Gasteiger partial charge < -0.3 is 9.53 Å². The molecule has 0 aromatic heterocycles. The molecular weight excluding hydrogens is 260 g/mol. The van der Waals surface area contributed by atoms with Crippen molar-refractivity contribution in [3.8, 4) is 5.75 Å². The van der Waals surface area contributed by atoms with Crippen LogP contribution < -0.4 is 4.74 Å². The van der Waals surface area contributed by atoms with Crippen LogP contribution in [0.4, 0.5) is 0 Å². The van der Waals surface area contributed by atoms with Gasteiger partial charge >= 0.3 is 0 Å². The van der Waals surface area contributed by atoms with Crippen LogP contribution in [0.15, 0.2) is 18.2 Å². The molecule has 0 heterocycles. The average Bonchev–Trinajstić information content (AvgIpc) is 2.35. The van der Waals surface area contributed by atoms with Crippen LogP contribution in [0.5, 0.6) is 5.75 Å². The van der Waals surface area contributed by atoms with E-state index >= 15 is 0 Å². The van der Waals surface area contributed by atoms with Crippen LogP contribution >= 0.6 is 0 Å². The molecule has 0 bridgehead atoms. The SMILES string of the molecule is CCCOc1ccc(CC(C)CC(C)=O)cc1C(C)(C)C. The van der Waals surface area contributed by atoms with E-state index < -0.39 is 0 Å². The molecule has 1 atom stereocenters. The lowest BCUT2D eigenvalue weighted by molar-refractivity contribution is -0.117. The van der Waals surface area contributed by atoms with Crippen LogP contribution in [0.1, 0.15) is 65.5 Å². The van der Waals surface area contributed by atoms with Crippen molar-refractivity contribution >= 4 is 5.78 Å². The van der Waals surface area contributed by atoms with Crippen LogP contribution in [-0.4, -0.2) is 12.4 Å². The quantitative estimate of drug-likeness (QED) is 0.711. The Hall–Kier alpha value is -1.31. The number of rotatable bonds is 7. The minimum Gasteiger partial charge on any atom is -0.493 e. The molecule has 0 aliphatic heterocycles. The smallest absolute Gasteiger partial charge is 0.130 e. The highest BCUT2D eigenvalue weighted by Gasteiger charge is 2.20. The number of ether oxygens (including phenoxy) is 1. The molecule has 0 N–H and O–H groups in total. The van der Waals surface area contributed by atoms with Crippen molar-refractivity contribution < 1.29 is 9.53 Å². The number of carbonyl (C=O) groups is 1. The van der Waals surface area contributed by atoms with Crippen LogP contribution in [-0.2, 0) is 16.6 Å². The summed E-state index contributed by atoms with van der Waals surface area (Å²) < 4.78 is 5.88. The van der Waals surface area contributed by atoms with Crippen molar-refractivity contribution in [2.24, 2.45) is 5.92 Å². The van der Waals surface area contributed by atoms with Crippen molar-refractivity contribution in [2.75, 3.05) is 6.61 Å². The molecule has 0 amide bonds. The third kappa shape index (κ3) is 5.91. The maximum absolute atomic E-state index is 11.2. The van der Waals surface area contributed by atoms with Gasteiger partial charge in [-0.3, -0.25) is 0 Å². The fourth-order valence-corrected chi connectivity index (χ4v) is 2.59. The van der Waals surface area contributed by atoms with E-state index in [0.717, 1.165) is 25.2 Å². The van der Waals surface area contributed by atoms with Gasteiger partial charge in [0.05, 0.1) is 6.61 Å². The number of hydrogen-bond donors (Lipinski definition) is 0. The van der Waals surface area contributed by atoms with Gasteiger partial charge in [-0.1, -0.05) is 46.8 Å². The summed E-state index contributed by atoms with van der Waals surface area (Å²) >= 11 is 0. The van der Waals surface area contributed by atoms with Crippen molar-refractivity contribution in [1.29, 1.82) is 0 Å². The minimum atomic E-state index is 0.0584. The van der Waals surface area contributed by atoms with Crippen LogP contribution in [0.3, 0.4) is 0 Å². The Kier molecular flexibility index (Phi) is 6.44. The van der Waals surface area contributed by atoms with Crippen LogP contribution in [0.2, 0.25) is 0 Å². The monoisotopic (exact) mass is 290 g/mol. The summed E-state index contributed by atoms with van der Waals surface area (Å²) in [5.74, 6) is 1.64. The Morgan fingerprint density at radius 2 is 1.95 bits per heavy atom. The lowest BCUT2D eigenvalue weighted by Gasteiger charge is -2.24. The van der Waals surface area contributed by atoms with Gasteiger partial charge in [0.25, 0.3) is 0 Å².